The Balaban J connectivity index is 1.80. The molecule has 0 fully saturated rings. The standard InChI is InChI=1S/C17H15BrN2O/c18-14-6-8-17(13(9-14)10-19)21-11-15-7-5-12-3-1-2-4-16(12)20-15/h1-9H,10-11,19H2. The van der Waals surface area contributed by atoms with Crippen LogP contribution in [0.25, 0.3) is 10.9 Å². The van der Waals surface area contributed by atoms with Crippen molar-refractivity contribution in [2.45, 2.75) is 13.2 Å². The van der Waals surface area contributed by atoms with Gasteiger partial charge in [-0.25, -0.2) is 4.98 Å². The normalized spacial score (nSPS) is 10.8. The first-order valence-corrected chi connectivity index (χ1v) is 7.51. The molecule has 0 saturated carbocycles. The van der Waals surface area contributed by atoms with Gasteiger partial charge in [-0.15, -0.1) is 0 Å². The molecule has 0 saturated heterocycles. The molecule has 1 aromatic heterocycles. The van der Waals surface area contributed by atoms with Gasteiger partial charge in [0.15, 0.2) is 0 Å². The summed E-state index contributed by atoms with van der Waals surface area (Å²) in [6, 6.07) is 17.9. The fourth-order valence-corrected chi connectivity index (χ4v) is 2.60. The first-order chi connectivity index (χ1) is 10.3. The molecule has 2 aromatic carbocycles. The molecular formula is C17H15BrN2O. The Kier molecular flexibility index (Phi) is 4.18. The SMILES string of the molecule is NCc1cc(Br)ccc1OCc1ccc2ccccc2n1. The van der Waals surface area contributed by atoms with Crippen molar-refractivity contribution in [3.05, 3.63) is 70.3 Å². The molecule has 0 aliphatic rings. The van der Waals surface area contributed by atoms with Crippen molar-refractivity contribution in [3.8, 4) is 5.75 Å². The van der Waals surface area contributed by atoms with Crippen LogP contribution in [-0.2, 0) is 13.2 Å². The third-order valence-corrected chi connectivity index (χ3v) is 3.77. The van der Waals surface area contributed by atoms with E-state index in [1.807, 2.05) is 48.5 Å². The fourth-order valence-electron chi connectivity index (χ4n) is 2.19. The highest BCUT2D eigenvalue weighted by molar-refractivity contribution is 9.10. The number of hydrogen-bond donors (Lipinski definition) is 1. The number of nitrogens with two attached hydrogens (primary N) is 1. The van der Waals surface area contributed by atoms with Crippen LogP contribution in [0, 0.1) is 0 Å². The predicted molar refractivity (Wildman–Crippen MR) is 88.1 cm³/mol. The minimum Gasteiger partial charge on any atom is -0.487 e. The molecule has 0 bridgehead atoms. The van der Waals surface area contributed by atoms with E-state index >= 15 is 0 Å². The number of pyridine rings is 1. The maximum absolute atomic E-state index is 5.85. The Morgan fingerprint density at radius 1 is 1.05 bits per heavy atom. The number of ether oxygens (including phenoxy) is 1. The van der Waals surface area contributed by atoms with Crippen molar-refractivity contribution in [2.75, 3.05) is 0 Å². The molecule has 0 aliphatic heterocycles. The largest absolute Gasteiger partial charge is 0.487 e. The summed E-state index contributed by atoms with van der Waals surface area (Å²) in [5, 5.41) is 1.13. The van der Waals surface area contributed by atoms with Gasteiger partial charge in [0.2, 0.25) is 0 Å². The number of hydrogen-bond acceptors (Lipinski definition) is 3. The van der Waals surface area contributed by atoms with Crippen LogP contribution < -0.4 is 10.5 Å². The van der Waals surface area contributed by atoms with E-state index in [1.165, 1.54) is 0 Å². The molecule has 2 N–H and O–H groups in total. The lowest BCUT2D eigenvalue weighted by molar-refractivity contribution is 0.298. The zero-order valence-corrected chi connectivity index (χ0v) is 13.0. The number of fused-ring (bicyclic) bond motifs is 1. The second-order valence-electron chi connectivity index (χ2n) is 4.74. The van der Waals surface area contributed by atoms with Gasteiger partial charge in [0.25, 0.3) is 0 Å². The smallest absolute Gasteiger partial charge is 0.130 e. The zero-order chi connectivity index (χ0) is 14.7. The van der Waals surface area contributed by atoms with Gasteiger partial charge in [0.1, 0.15) is 12.4 Å². The lowest BCUT2D eigenvalue weighted by Crippen LogP contribution is -2.04. The van der Waals surface area contributed by atoms with Gasteiger partial charge in [-0.1, -0.05) is 40.2 Å². The molecule has 0 unspecified atom stereocenters. The van der Waals surface area contributed by atoms with Crippen molar-refractivity contribution in [3.63, 3.8) is 0 Å². The summed E-state index contributed by atoms with van der Waals surface area (Å²) in [7, 11) is 0. The Morgan fingerprint density at radius 2 is 1.90 bits per heavy atom. The highest BCUT2D eigenvalue weighted by atomic mass is 79.9. The average molecular weight is 343 g/mol. The Morgan fingerprint density at radius 3 is 2.76 bits per heavy atom. The van der Waals surface area contributed by atoms with E-state index in [0.29, 0.717) is 13.2 Å². The number of benzene rings is 2. The van der Waals surface area contributed by atoms with Crippen LogP contribution in [0.1, 0.15) is 11.3 Å². The van der Waals surface area contributed by atoms with Gasteiger partial charge < -0.3 is 10.5 Å². The van der Waals surface area contributed by atoms with Crippen molar-refractivity contribution < 1.29 is 4.74 Å². The maximum atomic E-state index is 5.85. The minimum atomic E-state index is 0.430. The molecular weight excluding hydrogens is 328 g/mol. The van der Waals surface area contributed by atoms with E-state index in [9.17, 15) is 0 Å². The summed E-state index contributed by atoms with van der Waals surface area (Å²) in [4.78, 5) is 4.60. The van der Waals surface area contributed by atoms with Gasteiger partial charge >= 0.3 is 0 Å². The number of halogens is 1. The highest BCUT2D eigenvalue weighted by Crippen LogP contribution is 2.23. The average Bonchev–Trinajstić information content (AvgIpc) is 2.53. The van der Waals surface area contributed by atoms with Gasteiger partial charge in [-0.05, 0) is 30.3 Å². The Hall–Kier alpha value is -1.91. The first kappa shape index (κ1) is 14.0. The van der Waals surface area contributed by atoms with E-state index in [-0.39, 0.29) is 0 Å². The summed E-state index contributed by atoms with van der Waals surface area (Å²) in [6.07, 6.45) is 0. The summed E-state index contributed by atoms with van der Waals surface area (Å²) in [6.45, 7) is 0.874. The molecule has 0 aliphatic carbocycles. The van der Waals surface area contributed by atoms with E-state index in [1.54, 1.807) is 0 Å². The Labute approximate surface area is 131 Å². The van der Waals surface area contributed by atoms with Gasteiger partial charge in [0.05, 0.1) is 11.2 Å². The van der Waals surface area contributed by atoms with Crippen LogP contribution in [0.15, 0.2) is 59.1 Å². The zero-order valence-electron chi connectivity index (χ0n) is 11.4. The molecule has 1 heterocycles. The summed E-state index contributed by atoms with van der Waals surface area (Å²) in [5.74, 6) is 0.802. The minimum absolute atomic E-state index is 0.430. The molecule has 106 valence electrons. The van der Waals surface area contributed by atoms with E-state index in [2.05, 4.69) is 27.0 Å². The molecule has 0 radical (unpaired) electrons. The quantitative estimate of drug-likeness (QED) is 0.778. The number of para-hydroxylation sites is 1. The van der Waals surface area contributed by atoms with Gasteiger partial charge in [-0.2, -0.15) is 0 Å². The van der Waals surface area contributed by atoms with Crippen molar-refractivity contribution in [2.24, 2.45) is 5.73 Å². The van der Waals surface area contributed by atoms with Crippen LogP contribution in [-0.4, -0.2) is 4.98 Å². The van der Waals surface area contributed by atoms with Gasteiger partial charge in [-0.3, -0.25) is 0 Å². The Bertz CT molecular complexity index is 774. The molecule has 3 nitrogen and oxygen atoms in total. The monoisotopic (exact) mass is 342 g/mol. The lowest BCUT2D eigenvalue weighted by atomic mass is 10.2. The van der Waals surface area contributed by atoms with Gasteiger partial charge in [0, 0.05) is 22.0 Å². The van der Waals surface area contributed by atoms with Crippen LogP contribution >= 0.6 is 15.9 Å². The predicted octanol–water partition coefficient (Wildman–Crippen LogP) is 4.04. The molecule has 3 aromatic rings. The van der Waals surface area contributed by atoms with E-state index < -0.39 is 0 Å². The summed E-state index contributed by atoms with van der Waals surface area (Å²) >= 11 is 3.44. The molecule has 0 amide bonds. The molecule has 4 heteroatoms. The summed E-state index contributed by atoms with van der Waals surface area (Å²) < 4.78 is 6.85. The molecule has 21 heavy (non-hydrogen) atoms. The topological polar surface area (TPSA) is 48.1 Å². The van der Waals surface area contributed by atoms with Crippen LogP contribution in [0.4, 0.5) is 0 Å². The second-order valence-corrected chi connectivity index (χ2v) is 5.66. The maximum Gasteiger partial charge on any atom is 0.130 e. The van der Waals surface area contributed by atoms with Crippen molar-refractivity contribution >= 4 is 26.8 Å². The molecule has 0 atom stereocenters. The summed E-state index contributed by atoms with van der Waals surface area (Å²) in [5.41, 5.74) is 8.61. The number of aromatic nitrogens is 1. The van der Waals surface area contributed by atoms with E-state index in [4.69, 9.17) is 10.5 Å². The van der Waals surface area contributed by atoms with Crippen molar-refractivity contribution in [1.29, 1.82) is 0 Å². The lowest BCUT2D eigenvalue weighted by Gasteiger charge is -2.11. The van der Waals surface area contributed by atoms with Crippen LogP contribution in [0.2, 0.25) is 0 Å². The highest BCUT2D eigenvalue weighted by Gasteiger charge is 2.05. The molecule has 3 rings (SSSR count). The van der Waals surface area contributed by atoms with Crippen LogP contribution in [0.3, 0.4) is 0 Å². The fraction of sp³-hybridized carbons (Fsp3) is 0.118. The second kappa shape index (κ2) is 6.24. The third kappa shape index (κ3) is 3.23. The first-order valence-electron chi connectivity index (χ1n) is 6.72. The molecule has 0 spiro atoms. The number of rotatable bonds is 4. The third-order valence-electron chi connectivity index (χ3n) is 3.27. The van der Waals surface area contributed by atoms with Crippen molar-refractivity contribution in [1.82, 2.24) is 4.98 Å². The van der Waals surface area contributed by atoms with Crippen LogP contribution in [0.5, 0.6) is 5.75 Å². The number of nitrogens with zero attached hydrogens (tertiary/aromatic N) is 1. The van der Waals surface area contributed by atoms with E-state index in [0.717, 1.165) is 32.4 Å².